The van der Waals surface area contributed by atoms with Crippen molar-refractivity contribution in [3.63, 3.8) is 0 Å². The third-order valence-electron chi connectivity index (χ3n) is 5.39. The summed E-state index contributed by atoms with van der Waals surface area (Å²) < 4.78 is 38.9. The molecule has 30 heavy (non-hydrogen) atoms. The van der Waals surface area contributed by atoms with Crippen LogP contribution < -0.4 is 5.32 Å². The van der Waals surface area contributed by atoms with Crippen molar-refractivity contribution >= 4 is 47.1 Å². The third-order valence-corrected chi connectivity index (χ3v) is 8.84. The van der Waals surface area contributed by atoms with Crippen LogP contribution in [0.1, 0.15) is 18.9 Å². The fraction of sp³-hybridized carbons (Fsp3) is 0.632. The number of halogens is 3. The Morgan fingerprint density at radius 2 is 2.20 bits per heavy atom. The molecular formula is C19H26BrF2N3O3SSi. The number of nitrogens with one attached hydrogen (secondary N) is 1. The van der Waals surface area contributed by atoms with Crippen molar-refractivity contribution < 1.29 is 23.0 Å². The molecule has 0 bridgehead atoms. The lowest BCUT2D eigenvalue weighted by atomic mass is 9.87. The highest BCUT2D eigenvalue weighted by atomic mass is 79.9. The van der Waals surface area contributed by atoms with Crippen LogP contribution in [-0.2, 0) is 15.0 Å². The largest absolute Gasteiger partial charge is 0.416 e. The molecule has 0 radical (unpaired) electrons. The molecule has 0 spiro atoms. The zero-order valence-corrected chi connectivity index (χ0v) is 20.8. The minimum Gasteiger partial charge on any atom is -0.385 e. The van der Waals surface area contributed by atoms with Gasteiger partial charge in [-0.25, -0.2) is 19.2 Å². The highest BCUT2D eigenvalue weighted by Crippen LogP contribution is 2.66. The lowest BCUT2D eigenvalue weighted by Crippen LogP contribution is -2.37. The van der Waals surface area contributed by atoms with E-state index < -0.39 is 37.1 Å². The first kappa shape index (κ1) is 23.6. The summed E-state index contributed by atoms with van der Waals surface area (Å²) in [5.41, 5.74) is -0.838. The zero-order valence-electron chi connectivity index (χ0n) is 17.4. The second-order valence-corrected chi connectivity index (χ2v) is 16.9. The van der Waals surface area contributed by atoms with Gasteiger partial charge in [0.2, 0.25) is 5.95 Å². The molecule has 11 heteroatoms. The van der Waals surface area contributed by atoms with Gasteiger partial charge in [-0.1, -0.05) is 31.4 Å². The molecule has 0 aromatic carbocycles. The molecule has 1 aliphatic heterocycles. The molecule has 1 aromatic rings. The number of alkyl carbamates (subject to hydrolysis) is 1. The monoisotopic (exact) mass is 521 g/mol. The highest BCUT2D eigenvalue weighted by Gasteiger charge is 2.67. The van der Waals surface area contributed by atoms with Gasteiger partial charge >= 0.3 is 6.09 Å². The molecule has 1 N–H and O–H groups in total. The van der Waals surface area contributed by atoms with Crippen LogP contribution in [0.25, 0.3) is 0 Å². The number of ether oxygens (including phenoxy) is 2. The van der Waals surface area contributed by atoms with Gasteiger partial charge in [0.25, 0.3) is 5.23 Å². The minimum absolute atomic E-state index is 0.0135. The van der Waals surface area contributed by atoms with E-state index in [4.69, 9.17) is 9.47 Å². The molecular weight excluding hydrogens is 496 g/mol. The van der Waals surface area contributed by atoms with Crippen LogP contribution in [0.15, 0.2) is 21.7 Å². The van der Waals surface area contributed by atoms with E-state index in [9.17, 15) is 13.6 Å². The van der Waals surface area contributed by atoms with Crippen LogP contribution in [0, 0.1) is 11.9 Å². The van der Waals surface area contributed by atoms with Crippen LogP contribution in [0.5, 0.6) is 0 Å². The summed E-state index contributed by atoms with van der Waals surface area (Å²) in [6.07, 6.45) is 1.12. The molecule has 2 aliphatic rings. The van der Waals surface area contributed by atoms with Crippen LogP contribution >= 0.6 is 27.7 Å². The van der Waals surface area contributed by atoms with E-state index in [0.717, 1.165) is 17.8 Å². The number of nitrogens with zero attached hydrogens (tertiary/aromatic N) is 2. The average molecular weight is 522 g/mol. The minimum atomic E-state index is -1.21. The molecule has 3 rings (SSSR count). The van der Waals surface area contributed by atoms with E-state index in [-0.39, 0.29) is 23.4 Å². The number of hydrogen-bond donors (Lipinski definition) is 1. The predicted octanol–water partition coefficient (Wildman–Crippen LogP) is 5.07. The topological polar surface area (TPSA) is 72.8 Å². The number of rotatable bonds is 7. The number of amides is 1. The lowest BCUT2D eigenvalue weighted by Gasteiger charge is -2.33. The third kappa shape index (κ3) is 5.23. The molecule has 2 unspecified atom stereocenters. The van der Waals surface area contributed by atoms with Crippen molar-refractivity contribution in [2.75, 3.05) is 20.0 Å². The van der Waals surface area contributed by atoms with Crippen molar-refractivity contribution in [2.24, 2.45) is 10.9 Å². The normalized spacial score (nSPS) is 27.8. The number of hydrogen-bond acceptors (Lipinski definition) is 6. The first-order valence-corrected chi connectivity index (χ1v) is 15.0. The number of carbonyl (C=O) groups is 1. The van der Waals surface area contributed by atoms with Gasteiger partial charge in [0.05, 0.1) is 10.3 Å². The molecule has 1 aromatic heterocycles. The summed E-state index contributed by atoms with van der Waals surface area (Å²) in [5.74, 6) is -0.887. The van der Waals surface area contributed by atoms with E-state index >= 15 is 0 Å². The molecule has 1 aliphatic carbocycles. The van der Waals surface area contributed by atoms with Crippen molar-refractivity contribution in [1.82, 2.24) is 10.3 Å². The Morgan fingerprint density at radius 1 is 1.47 bits per heavy atom. The quantitative estimate of drug-likeness (QED) is 0.234. The Hall–Kier alpha value is -1.04. The van der Waals surface area contributed by atoms with Gasteiger partial charge in [0.15, 0.2) is 0 Å². The SMILES string of the molecule is C[C@]1(c2cc(Br)cnc2F)N=C(OC(=O)NCOCC[Si](C)(C)C)SC2(CF)CC21. The zero-order chi connectivity index (χ0) is 22.2. The maximum absolute atomic E-state index is 14.5. The van der Waals surface area contributed by atoms with Crippen LogP contribution in [-0.4, -0.2) is 49.1 Å². The second kappa shape index (κ2) is 8.83. The number of pyridine rings is 1. The molecule has 1 saturated carbocycles. The van der Waals surface area contributed by atoms with Gasteiger partial charge in [-0.05, 0) is 41.4 Å². The Morgan fingerprint density at radius 3 is 2.87 bits per heavy atom. The van der Waals surface area contributed by atoms with Crippen molar-refractivity contribution in [3.05, 3.63) is 28.2 Å². The first-order valence-electron chi connectivity index (χ1n) is 9.69. The summed E-state index contributed by atoms with van der Waals surface area (Å²) in [5, 5.41) is 2.53. The maximum Gasteiger partial charge on any atom is 0.416 e. The van der Waals surface area contributed by atoms with Gasteiger partial charge in [0, 0.05) is 36.8 Å². The smallest absolute Gasteiger partial charge is 0.385 e. The Kier molecular flexibility index (Phi) is 6.95. The molecule has 2 heterocycles. The lowest BCUT2D eigenvalue weighted by molar-refractivity contribution is 0.120. The highest BCUT2D eigenvalue weighted by molar-refractivity contribution is 9.10. The first-order chi connectivity index (χ1) is 14.0. The molecule has 0 saturated heterocycles. The summed E-state index contributed by atoms with van der Waals surface area (Å²) in [6, 6.07) is 2.57. The average Bonchev–Trinajstić information content (AvgIpc) is 3.38. The van der Waals surface area contributed by atoms with Crippen LogP contribution in [0.3, 0.4) is 0 Å². The van der Waals surface area contributed by atoms with Crippen LogP contribution in [0.4, 0.5) is 13.6 Å². The van der Waals surface area contributed by atoms with Crippen LogP contribution in [0.2, 0.25) is 25.7 Å². The van der Waals surface area contributed by atoms with Gasteiger partial charge in [-0.2, -0.15) is 4.39 Å². The summed E-state index contributed by atoms with van der Waals surface area (Å²) in [6.45, 7) is 8.40. The fourth-order valence-corrected chi connectivity index (χ4v) is 5.96. The predicted molar refractivity (Wildman–Crippen MR) is 120 cm³/mol. The van der Waals surface area contributed by atoms with Crippen molar-refractivity contribution in [2.45, 2.75) is 49.3 Å². The van der Waals surface area contributed by atoms with Gasteiger partial charge in [0.1, 0.15) is 13.4 Å². The van der Waals surface area contributed by atoms with Gasteiger partial charge in [-0.15, -0.1) is 0 Å². The Balaban J connectivity index is 1.69. The molecule has 3 atom stereocenters. The van der Waals surface area contributed by atoms with Crippen molar-refractivity contribution in [1.29, 1.82) is 0 Å². The van der Waals surface area contributed by atoms with E-state index in [1.807, 2.05) is 0 Å². The number of carbonyl (C=O) groups excluding carboxylic acids is 1. The van der Waals surface area contributed by atoms with E-state index in [2.05, 4.69) is 50.9 Å². The second-order valence-electron chi connectivity index (χ2n) is 9.00. The number of aromatic nitrogens is 1. The number of alkyl halides is 1. The number of fused-ring (bicyclic) bond motifs is 1. The summed E-state index contributed by atoms with van der Waals surface area (Å²) in [7, 11) is -1.21. The van der Waals surface area contributed by atoms with Gasteiger partial charge in [-0.3, -0.25) is 5.32 Å². The number of thioether (sulfide) groups is 1. The van der Waals surface area contributed by atoms with Gasteiger partial charge < -0.3 is 9.47 Å². The maximum atomic E-state index is 14.5. The van der Waals surface area contributed by atoms with E-state index in [0.29, 0.717) is 17.5 Å². The summed E-state index contributed by atoms with van der Waals surface area (Å²) in [4.78, 5) is 20.4. The molecule has 166 valence electrons. The van der Waals surface area contributed by atoms with E-state index in [1.165, 1.54) is 6.20 Å². The molecule has 6 nitrogen and oxygen atoms in total. The van der Waals surface area contributed by atoms with Crippen molar-refractivity contribution in [3.8, 4) is 0 Å². The standard InChI is InChI=1S/C19H26BrF2N3O3SSi/c1-18(13-7-12(20)9-23-15(13)22)14-8-19(14,10-21)29-17(25-18)28-16(26)24-11-27-5-6-30(2,3)4/h7,9,14H,5-6,8,10-11H2,1-4H3,(H,24,26)/t14?,18-,19?/m1/s1. The fourth-order valence-electron chi connectivity index (χ4n) is 3.49. The van der Waals surface area contributed by atoms with E-state index in [1.54, 1.807) is 13.0 Å². The number of aliphatic imine (C=N–C) groups is 1. The molecule has 1 fully saturated rings. The Bertz CT molecular complexity index is 857. The molecule has 1 amide bonds. The Labute approximate surface area is 188 Å². The summed E-state index contributed by atoms with van der Waals surface area (Å²) >= 11 is 4.39.